The Morgan fingerprint density at radius 2 is 0.625 bits per heavy atom. The van der Waals surface area contributed by atoms with Crippen LogP contribution in [0.5, 0.6) is 0 Å². The molecule has 14 aromatic carbocycles. The molecule has 0 aliphatic heterocycles. The van der Waals surface area contributed by atoms with Crippen molar-refractivity contribution < 1.29 is 0 Å². The molecule has 0 spiro atoms. The zero-order valence-electron chi connectivity index (χ0n) is 34.9. The first-order valence-electron chi connectivity index (χ1n) is 22.3. The molecule has 0 saturated heterocycles. The molecule has 0 aromatic heterocycles. The van der Waals surface area contributed by atoms with Crippen molar-refractivity contribution in [3.63, 3.8) is 0 Å². The fraction of sp³-hybridized carbons (Fsp3) is 0. The molecule has 0 aliphatic rings. The SMILES string of the molecule is c1ccc(-c2cc(-c3ccc4ccc5cccc6ccc3c4c56)c3ccccc3c2-c2cc3ccccc3c(-c3ccccc3)c2-c2ccc3ccc4cccc5ccc2c3c45)cc1. The van der Waals surface area contributed by atoms with Crippen molar-refractivity contribution >= 4 is 86.2 Å². The number of benzene rings is 14. The summed E-state index contributed by atoms with van der Waals surface area (Å²) in [7, 11) is 0. The van der Waals surface area contributed by atoms with Crippen molar-refractivity contribution in [1.29, 1.82) is 0 Å². The van der Waals surface area contributed by atoms with Crippen molar-refractivity contribution in [2.75, 3.05) is 0 Å². The number of fused-ring (bicyclic) bond motifs is 2. The average molecular weight is 807 g/mol. The fourth-order valence-electron chi connectivity index (χ4n) is 11.4. The summed E-state index contributed by atoms with van der Waals surface area (Å²) in [5, 5.41) is 20.5. The smallest absolute Gasteiger partial charge is 0.00137 e. The Kier molecular flexibility index (Phi) is 7.49. The maximum Gasteiger partial charge on any atom is -0.00137 e. The van der Waals surface area contributed by atoms with Gasteiger partial charge >= 0.3 is 0 Å². The molecule has 14 aromatic rings. The van der Waals surface area contributed by atoms with Crippen molar-refractivity contribution in [2.45, 2.75) is 0 Å². The van der Waals surface area contributed by atoms with Gasteiger partial charge in [0, 0.05) is 0 Å². The van der Waals surface area contributed by atoms with Gasteiger partial charge in [0.25, 0.3) is 0 Å². The lowest BCUT2D eigenvalue weighted by molar-refractivity contribution is 1.59. The van der Waals surface area contributed by atoms with E-state index < -0.39 is 0 Å². The molecule has 0 amide bonds. The van der Waals surface area contributed by atoms with E-state index in [4.69, 9.17) is 0 Å². The summed E-state index contributed by atoms with van der Waals surface area (Å²) in [5.41, 5.74) is 12.3. The van der Waals surface area contributed by atoms with Crippen LogP contribution >= 0.6 is 0 Å². The highest BCUT2D eigenvalue weighted by atomic mass is 14.3. The van der Waals surface area contributed by atoms with Crippen molar-refractivity contribution in [3.8, 4) is 55.6 Å². The molecular formula is C64H38. The van der Waals surface area contributed by atoms with Gasteiger partial charge in [-0.15, -0.1) is 0 Å². The zero-order chi connectivity index (χ0) is 41.9. The molecule has 0 heteroatoms. The maximum absolute atomic E-state index is 2.50. The molecule has 0 N–H and O–H groups in total. The minimum Gasteiger partial charge on any atom is -0.0622 e. The molecule has 0 aliphatic carbocycles. The van der Waals surface area contributed by atoms with Crippen LogP contribution in [0, 0.1) is 0 Å². The predicted octanol–water partition coefficient (Wildman–Crippen LogP) is 18.1. The van der Waals surface area contributed by atoms with Crippen LogP contribution in [0.2, 0.25) is 0 Å². The van der Waals surface area contributed by atoms with E-state index in [9.17, 15) is 0 Å². The Balaban J connectivity index is 1.17. The van der Waals surface area contributed by atoms with Gasteiger partial charge in [-0.1, -0.05) is 218 Å². The minimum absolute atomic E-state index is 1.19. The minimum atomic E-state index is 1.19. The van der Waals surface area contributed by atoms with Crippen molar-refractivity contribution in [3.05, 3.63) is 231 Å². The molecule has 0 saturated carbocycles. The molecule has 0 bridgehead atoms. The molecule has 0 unspecified atom stereocenters. The van der Waals surface area contributed by atoms with E-state index in [1.165, 1.54) is 142 Å². The summed E-state index contributed by atoms with van der Waals surface area (Å²) < 4.78 is 0. The Hall–Kier alpha value is -8.32. The highest BCUT2D eigenvalue weighted by Crippen LogP contribution is 2.53. The first-order valence-corrected chi connectivity index (χ1v) is 22.3. The van der Waals surface area contributed by atoms with Gasteiger partial charge in [-0.05, 0) is 154 Å². The highest BCUT2D eigenvalue weighted by molar-refractivity contribution is 6.29. The Labute approximate surface area is 370 Å². The summed E-state index contributed by atoms with van der Waals surface area (Å²) in [5.74, 6) is 0. The molecule has 0 nitrogen and oxygen atoms in total. The summed E-state index contributed by atoms with van der Waals surface area (Å²) in [6.07, 6.45) is 0. The molecule has 14 rings (SSSR count). The van der Waals surface area contributed by atoms with E-state index in [-0.39, 0.29) is 0 Å². The third-order valence-electron chi connectivity index (χ3n) is 14.1. The normalized spacial score (nSPS) is 12.1. The van der Waals surface area contributed by atoms with E-state index in [2.05, 4.69) is 231 Å². The van der Waals surface area contributed by atoms with Crippen LogP contribution in [-0.2, 0) is 0 Å². The monoisotopic (exact) mass is 806 g/mol. The summed E-state index contributed by atoms with van der Waals surface area (Å²) in [6.45, 7) is 0. The van der Waals surface area contributed by atoms with Gasteiger partial charge in [0.2, 0.25) is 0 Å². The van der Waals surface area contributed by atoms with Crippen molar-refractivity contribution in [2.24, 2.45) is 0 Å². The number of hydrogen-bond acceptors (Lipinski definition) is 0. The van der Waals surface area contributed by atoms with Crippen LogP contribution < -0.4 is 0 Å². The van der Waals surface area contributed by atoms with Gasteiger partial charge in [0.1, 0.15) is 0 Å². The average Bonchev–Trinajstić information content (AvgIpc) is 3.36. The second-order valence-corrected chi connectivity index (χ2v) is 17.5. The van der Waals surface area contributed by atoms with E-state index in [0.29, 0.717) is 0 Å². The van der Waals surface area contributed by atoms with E-state index >= 15 is 0 Å². The quantitative estimate of drug-likeness (QED) is 0.152. The lowest BCUT2D eigenvalue weighted by Crippen LogP contribution is -1.98. The van der Waals surface area contributed by atoms with Gasteiger partial charge < -0.3 is 0 Å². The molecule has 294 valence electrons. The molecule has 0 atom stereocenters. The lowest BCUT2D eigenvalue weighted by Gasteiger charge is -2.25. The van der Waals surface area contributed by atoms with Crippen LogP contribution in [0.25, 0.3) is 142 Å². The van der Waals surface area contributed by atoms with Crippen molar-refractivity contribution in [1.82, 2.24) is 0 Å². The summed E-state index contributed by atoms with van der Waals surface area (Å²) >= 11 is 0. The van der Waals surface area contributed by atoms with Crippen LogP contribution in [0.15, 0.2) is 231 Å². The second kappa shape index (κ2) is 13.6. The Bertz CT molecular complexity index is 4130. The summed E-state index contributed by atoms with van der Waals surface area (Å²) in [6, 6.07) is 86.6. The number of hydrogen-bond donors (Lipinski definition) is 0. The first kappa shape index (κ1) is 35.3. The molecule has 0 radical (unpaired) electrons. The van der Waals surface area contributed by atoms with E-state index in [1.807, 2.05) is 0 Å². The molecule has 64 heavy (non-hydrogen) atoms. The maximum atomic E-state index is 2.50. The van der Waals surface area contributed by atoms with E-state index in [0.717, 1.165) is 0 Å². The van der Waals surface area contributed by atoms with Crippen LogP contribution in [0.3, 0.4) is 0 Å². The van der Waals surface area contributed by atoms with E-state index in [1.54, 1.807) is 0 Å². The third-order valence-corrected chi connectivity index (χ3v) is 14.1. The second-order valence-electron chi connectivity index (χ2n) is 17.5. The topological polar surface area (TPSA) is 0 Å². The molecule has 0 fully saturated rings. The third kappa shape index (κ3) is 5.05. The van der Waals surface area contributed by atoms with Gasteiger partial charge in [-0.25, -0.2) is 0 Å². The van der Waals surface area contributed by atoms with Gasteiger partial charge in [0.15, 0.2) is 0 Å². The number of rotatable bonds is 5. The van der Waals surface area contributed by atoms with Gasteiger partial charge in [-0.3, -0.25) is 0 Å². The predicted molar refractivity (Wildman–Crippen MR) is 276 cm³/mol. The van der Waals surface area contributed by atoms with Gasteiger partial charge in [-0.2, -0.15) is 0 Å². The molecule has 0 heterocycles. The zero-order valence-corrected chi connectivity index (χ0v) is 34.9. The van der Waals surface area contributed by atoms with Gasteiger partial charge in [0.05, 0.1) is 0 Å². The highest BCUT2D eigenvalue weighted by Gasteiger charge is 2.26. The van der Waals surface area contributed by atoms with Crippen LogP contribution in [0.1, 0.15) is 0 Å². The Morgan fingerprint density at radius 3 is 1.25 bits per heavy atom. The fourth-order valence-corrected chi connectivity index (χ4v) is 11.4. The lowest BCUT2D eigenvalue weighted by atomic mass is 9.78. The van der Waals surface area contributed by atoms with Crippen LogP contribution in [-0.4, -0.2) is 0 Å². The standard InChI is InChI=1S/C64H38/c1-3-13-39(14-4-1)55-38-56(50-33-29-45-27-25-41-18-11-20-43-30-34-52(50)61(45)58(41)43)49-23-9-10-24-51(49)63(55)57-37-47-17-7-8-22-48(47)60(40-15-5-2-6-16-40)64(57)54-36-32-46-28-26-42-19-12-21-44-31-35-53(54)62(46)59(42)44/h1-38H. The molecular weight excluding hydrogens is 769 g/mol. The Morgan fingerprint density at radius 1 is 0.172 bits per heavy atom. The summed E-state index contributed by atoms with van der Waals surface area (Å²) in [4.78, 5) is 0. The largest absolute Gasteiger partial charge is 0.0622 e. The van der Waals surface area contributed by atoms with Crippen LogP contribution in [0.4, 0.5) is 0 Å². The first-order chi connectivity index (χ1) is 31.8.